The highest BCUT2D eigenvalue weighted by atomic mass is 16.5. The Morgan fingerprint density at radius 1 is 0.794 bits per heavy atom. The molecule has 1 heterocycles. The Kier molecular flexibility index (Phi) is 6.97. The van der Waals surface area contributed by atoms with Gasteiger partial charge in [-0.15, -0.1) is 0 Å². The molecule has 0 fully saturated rings. The summed E-state index contributed by atoms with van der Waals surface area (Å²) in [7, 11) is 0. The molecule has 0 spiro atoms. The number of hydrogen-bond acceptors (Lipinski definition) is 5. The summed E-state index contributed by atoms with van der Waals surface area (Å²) in [5, 5.41) is 3.20. The number of aryl methyl sites for hydroxylation is 1. The van der Waals surface area contributed by atoms with Gasteiger partial charge in [-0.3, -0.25) is 9.59 Å². The van der Waals surface area contributed by atoms with Gasteiger partial charge in [-0.25, -0.2) is 4.90 Å². The lowest BCUT2D eigenvalue weighted by Crippen LogP contribution is -2.32. The Labute approximate surface area is 199 Å². The molecule has 3 aromatic carbocycles. The van der Waals surface area contributed by atoms with Crippen LogP contribution in [0.15, 0.2) is 78.5 Å². The summed E-state index contributed by atoms with van der Waals surface area (Å²) in [6, 6.07) is 22.0. The van der Waals surface area contributed by atoms with Gasteiger partial charge in [0.1, 0.15) is 17.2 Å². The molecule has 34 heavy (non-hydrogen) atoms. The molecule has 0 unspecified atom stereocenters. The molecule has 2 amide bonds. The highest BCUT2D eigenvalue weighted by Crippen LogP contribution is 2.39. The van der Waals surface area contributed by atoms with Crippen LogP contribution in [-0.2, 0) is 9.59 Å². The van der Waals surface area contributed by atoms with Gasteiger partial charge in [-0.1, -0.05) is 61.0 Å². The second kappa shape index (κ2) is 10.3. The summed E-state index contributed by atoms with van der Waals surface area (Å²) in [6.45, 7) is 6.84. The minimum atomic E-state index is -0.445. The first-order valence-corrected chi connectivity index (χ1v) is 11.5. The number of carbonyl (C=O) groups is 2. The van der Waals surface area contributed by atoms with E-state index in [-0.39, 0.29) is 5.70 Å². The van der Waals surface area contributed by atoms with E-state index in [1.807, 2.05) is 75.4 Å². The molecule has 174 valence electrons. The molecular weight excluding hydrogens is 428 g/mol. The second-order valence-corrected chi connectivity index (χ2v) is 7.93. The van der Waals surface area contributed by atoms with E-state index in [4.69, 9.17) is 9.47 Å². The van der Waals surface area contributed by atoms with Crippen molar-refractivity contribution in [1.29, 1.82) is 0 Å². The standard InChI is InChI=1S/C28H28N2O4/c1-4-18-34-24-13-9-7-11-22(24)30-27(31)25(20-16-14-19(3)15-17-20)26(28(30)32)29-21-10-6-8-12-23(21)33-5-2/h6-17,29H,4-5,18H2,1-3H3. The molecule has 0 radical (unpaired) electrons. The number of ether oxygens (including phenoxy) is 2. The number of anilines is 2. The Morgan fingerprint density at radius 2 is 1.47 bits per heavy atom. The van der Waals surface area contributed by atoms with E-state index in [0.717, 1.165) is 12.0 Å². The lowest BCUT2D eigenvalue weighted by Gasteiger charge is -2.19. The first kappa shape index (κ1) is 23.1. The summed E-state index contributed by atoms with van der Waals surface area (Å²) in [5.74, 6) is 0.244. The Hall–Kier alpha value is -4.06. The first-order valence-electron chi connectivity index (χ1n) is 11.5. The number of nitrogens with one attached hydrogen (secondary N) is 1. The summed E-state index contributed by atoms with van der Waals surface area (Å²) in [6.07, 6.45) is 0.810. The van der Waals surface area contributed by atoms with Crippen molar-refractivity contribution in [3.63, 3.8) is 0 Å². The van der Waals surface area contributed by atoms with E-state index in [2.05, 4.69) is 5.32 Å². The Morgan fingerprint density at radius 3 is 2.18 bits per heavy atom. The number of imide groups is 1. The predicted octanol–water partition coefficient (Wildman–Crippen LogP) is 5.58. The fourth-order valence-electron chi connectivity index (χ4n) is 3.81. The topological polar surface area (TPSA) is 67.9 Å². The average molecular weight is 457 g/mol. The van der Waals surface area contributed by atoms with Gasteiger partial charge in [-0.05, 0) is 50.1 Å². The molecule has 1 N–H and O–H groups in total. The van der Waals surface area contributed by atoms with Crippen molar-refractivity contribution >= 4 is 28.8 Å². The lowest BCUT2D eigenvalue weighted by atomic mass is 10.0. The van der Waals surface area contributed by atoms with Crippen molar-refractivity contribution in [2.45, 2.75) is 27.2 Å². The zero-order chi connectivity index (χ0) is 24.1. The highest BCUT2D eigenvalue weighted by molar-refractivity contribution is 6.46. The van der Waals surface area contributed by atoms with Crippen LogP contribution in [0.4, 0.5) is 11.4 Å². The van der Waals surface area contributed by atoms with Crippen LogP contribution in [0.3, 0.4) is 0 Å². The Balaban J connectivity index is 1.82. The second-order valence-electron chi connectivity index (χ2n) is 7.93. The SMILES string of the molecule is CCCOc1ccccc1N1C(=O)C(Nc2ccccc2OCC)=C(c2ccc(C)cc2)C1=O. The highest BCUT2D eigenvalue weighted by Gasteiger charge is 2.41. The molecule has 6 nitrogen and oxygen atoms in total. The van der Waals surface area contributed by atoms with Crippen molar-refractivity contribution in [3.05, 3.63) is 89.6 Å². The monoisotopic (exact) mass is 456 g/mol. The number of rotatable bonds is 9. The van der Waals surface area contributed by atoms with Gasteiger partial charge in [0.25, 0.3) is 11.8 Å². The van der Waals surface area contributed by atoms with Crippen LogP contribution in [0.2, 0.25) is 0 Å². The molecule has 1 aliphatic rings. The van der Waals surface area contributed by atoms with Crippen molar-refractivity contribution < 1.29 is 19.1 Å². The third-order valence-corrected chi connectivity index (χ3v) is 5.44. The predicted molar refractivity (Wildman–Crippen MR) is 134 cm³/mol. The average Bonchev–Trinajstić information content (AvgIpc) is 3.09. The molecule has 1 aliphatic heterocycles. The van der Waals surface area contributed by atoms with Gasteiger partial charge in [0, 0.05) is 0 Å². The van der Waals surface area contributed by atoms with Crippen LogP contribution in [0.1, 0.15) is 31.4 Å². The van der Waals surface area contributed by atoms with Crippen molar-refractivity contribution in [1.82, 2.24) is 0 Å². The molecule has 3 aromatic rings. The van der Waals surface area contributed by atoms with Crippen LogP contribution in [0, 0.1) is 6.92 Å². The molecule has 0 saturated carbocycles. The van der Waals surface area contributed by atoms with E-state index in [0.29, 0.717) is 47.2 Å². The van der Waals surface area contributed by atoms with Gasteiger partial charge in [0.05, 0.1) is 30.2 Å². The summed E-state index contributed by atoms with van der Waals surface area (Å²) in [4.78, 5) is 28.7. The number of hydrogen-bond donors (Lipinski definition) is 1. The van der Waals surface area contributed by atoms with E-state index < -0.39 is 11.8 Å². The maximum atomic E-state index is 13.8. The molecule has 0 aromatic heterocycles. The third-order valence-electron chi connectivity index (χ3n) is 5.44. The van der Waals surface area contributed by atoms with Crippen molar-refractivity contribution in [3.8, 4) is 11.5 Å². The third kappa shape index (κ3) is 4.53. The van der Waals surface area contributed by atoms with Gasteiger partial charge in [-0.2, -0.15) is 0 Å². The van der Waals surface area contributed by atoms with E-state index in [9.17, 15) is 9.59 Å². The number of benzene rings is 3. The zero-order valence-corrected chi connectivity index (χ0v) is 19.6. The molecule has 0 atom stereocenters. The molecule has 4 rings (SSSR count). The van der Waals surface area contributed by atoms with E-state index in [1.54, 1.807) is 18.2 Å². The maximum Gasteiger partial charge on any atom is 0.282 e. The molecule has 0 aliphatic carbocycles. The number of amides is 2. The van der Waals surface area contributed by atoms with E-state index in [1.165, 1.54) is 4.90 Å². The zero-order valence-electron chi connectivity index (χ0n) is 19.6. The quantitative estimate of drug-likeness (QED) is 0.426. The summed E-state index contributed by atoms with van der Waals surface area (Å²) >= 11 is 0. The van der Waals surface area contributed by atoms with Crippen LogP contribution in [0.25, 0.3) is 5.57 Å². The summed E-state index contributed by atoms with van der Waals surface area (Å²) in [5.41, 5.74) is 3.27. The number of nitrogens with zero attached hydrogens (tertiary/aromatic N) is 1. The van der Waals surface area contributed by atoms with E-state index >= 15 is 0 Å². The minimum Gasteiger partial charge on any atom is -0.492 e. The van der Waals surface area contributed by atoms with Crippen LogP contribution in [0.5, 0.6) is 11.5 Å². The smallest absolute Gasteiger partial charge is 0.282 e. The van der Waals surface area contributed by atoms with Gasteiger partial charge in [0.15, 0.2) is 0 Å². The first-order chi connectivity index (χ1) is 16.5. The largest absolute Gasteiger partial charge is 0.492 e. The van der Waals surface area contributed by atoms with Gasteiger partial charge >= 0.3 is 0 Å². The van der Waals surface area contributed by atoms with Crippen molar-refractivity contribution in [2.75, 3.05) is 23.4 Å². The molecular formula is C28H28N2O4. The number of para-hydroxylation sites is 4. The maximum absolute atomic E-state index is 13.8. The number of carbonyl (C=O) groups excluding carboxylic acids is 2. The molecule has 0 bridgehead atoms. The molecule has 6 heteroatoms. The van der Waals surface area contributed by atoms with Gasteiger partial charge < -0.3 is 14.8 Å². The fraction of sp³-hybridized carbons (Fsp3) is 0.214. The molecule has 0 saturated heterocycles. The minimum absolute atomic E-state index is 0.200. The van der Waals surface area contributed by atoms with Gasteiger partial charge in [0.2, 0.25) is 0 Å². The summed E-state index contributed by atoms with van der Waals surface area (Å²) < 4.78 is 11.6. The van der Waals surface area contributed by atoms with Crippen LogP contribution >= 0.6 is 0 Å². The lowest BCUT2D eigenvalue weighted by molar-refractivity contribution is -0.120. The van der Waals surface area contributed by atoms with Crippen LogP contribution in [-0.4, -0.2) is 25.0 Å². The van der Waals surface area contributed by atoms with Crippen molar-refractivity contribution in [2.24, 2.45) is 0 Å². The fourth-order valence-corrected chi connectivity index (χ4v) is 3.81. The van der Waals surface area contributed by atoms with Crippen LogP contribution < -0.4 is 19.7 Å². The Bertz CT molecular complexity index is 1230. The normalized spacial score (nSPS) is 13.4.